The van der Waals surface area contributed by atoms with Gasteiger partial charge >= 0.3 is 0 Å². The van der Waals surface area contributed by atoms with E-state index in [0.29, 0.717) is 30.2 Å². The van der Waals surface area contributed by atoms with E-state index < -0.39 is 0 Å². The smallest absolute Gasteiger partial charge is 0.274 e. The van der Waals surface area contributed by atoms with Gasteiger partial charge in [0, 0.05) is 19.2 Å². The molecule has 2 aromatic rings. The Bertz CT molecular complexity index is 581. The quantitative estimate of drug-likeness (QED) is 0.909. The normalized spacial score (nSPS) is 23.0. The zero-order valence-electron chi connectivity index (χ0n) is 11.5. The monoisotopic (exact) mass is 275 g/mol. The Hall–Kier alpha value is -2.08. The van der Waals surface area contributed by atoms with E-state index in [-0.39, 0.29) is 18.1 Å². The van der Waals surface area contributed by atoms with Crippen molar-refractivity contribution in [2.75, 3.05) is 13.1 Å². The van der Waals surface area contributed by atoms with Crippen LogP contribution in [0.25, 0.3) is 11.5 Å². The molecule has 2 atom stereocenters. The number of aromatic nitrogens is 2. The molecule has 20 heavy (non-hydrogen) atoms. The van der Waals surface area contributed by atoms with Crippen molar-refractivity contribution in [1.82, 2.24) is 15.1 Å². The summed E-state index contributed by atoms with van der Waals surface area (Å²) < 4.78 is 10.9. The molecule has 0 aliphatic carbocycles. The highest BCUT2D eigenvalue weighted by atomic mass is 16.5. The number of aromatic amines is 1. The maximum atomic E-state index is 12.4. The van der Waals surface area contributed by atoms with E-state index in [0.717, 1.165) is 0 Å². The second-order valence-electron chi connectivity index (χ2n) is 5.11. The van der Waals surface area contributed by atoms with Crippen molar-refractivity contribution >= 4 is 5.91 Å². The Labute approximate surface area is 116 Å². The van der Waals surface area contributed by atoms with Gasteiger partial charge in [0.05, 0.1) is 18.5 Å². The van der Waals surface area contributed by atoms with Crippen LogP contribution in [0, 0.1) is 0 Å². The minimum absolute atomic E-state index is 0.0474. The number of hydrogen-bond acceptors (Lipinski definition) is 4. The molecule has 0 unspecified atom stereocenters. The highest BCUT2D eigenvalue weighted by Crippen LogP contribution is 2.19. The summed E-state index contributed by atoms with van der Waals surface area (Å²) in [5.41, 5.74) is 1.10. The molecule has 0 radical (unpaired) electrons. The van der Waals surface area contributed by atoms with E-state index >= 15 is 0 Å². The Balaban J connectivity index is 1.77. The SMILES string of the molecule is C[C@@H]1CN(C(=O)c2cc(-c3ccco3)[nH]n2)C[C@H](C)O1. The summed E-state index contributed by atoms with van der Waals surface area (Å²) in [5.74, 6) is 0.585. The topological polar surface area (TPSA) is 71.4 Å². The average Bonchev–Trinajstić information content (AvgIpc) is 3.07. The number of morpholine rings is 1. The molecule has 6 heteroatoms. The van der Waals surface area contributed by atoms with Gasteiger partial charge in [-0.3, -0.25) is 9.89 Å². The molecule has 1 aliphatic heterocycles. The third kappa shape index (κ3) is 2.46. The minimum Gasteiger partial charge on any atom is -0.463 e. The van der Waals surface area contributed by atoms with Gasteiger partial charge < -0.3 is 14.1 Å². The maximum Gasteiger partial charge on any atom is 0.274 e. The van der Waals surface area contributed by atoms with Crippen LogP contribution in [0.2, 0.25) is 0 Å². The fraction of sp³-hybridized carbons (Fsp3) is 0.429. The van der Waals surface area contributed by atoms with E-state index in [1.165, 1.54) is 0 Å². The molecule has 106 valence electrons. The van der Waals surface area contributed by atoms with E-state index in [1.807, 2.05) is 19.9 Å². The first-order valence-electron chi connectivity index (χ1n) is 6.67. The first kappa shape index (κ1) is 12.9. The summed E-state index contributed by atoms with van der Waals surface area (Å²) in [7, 11) is 0. The highest BCUT2D eigenvalue weighted by Gasteiger charge is 2.28. The minimum atomic E-state index is -0.0824. The van der Waals surface area contributed by atoms with Crippen LogP contribution in [-0.4, -0.2) is 46.3 Å². The fourth-order valence-corrected chi connectivity index (χ4v) is 2.50. The number of furan rings is 1. The van der Waals surface area contributed by atoms with Crippen LogP contribution in [-0.2, 0) is 4.74 Å². The van der Waals surface area contributed by atoms with Crippen molar-refractivity contribution in [2.45, 2.75) is 26.1 Å². The Morgan fingerprint density at radius 3 is 2.80 bits per heavy atom. The molecule has 1 aliphatic rings. The zero-order valence-corrected chi connectivity index (χ0v) is 11.5. The fourth-order valence-electron chi connectivity index (χ4n) is 2.50. The van der Waals surface area contributed by atoms with Gasteiger partial charge in [0.25, 0.3) is 5.91 Å². The third-order valence-electron chi connectivity index (χ3n) is 3.29. The molecule has 0 bridgehead atoms. The molecule has 6 nitrogen and oxygen atoms in total. The van der Waals surface area contributed by atoms with Crippen LogP contribution in [0.4, 0.5) is 0 Å². The van der Waals surface area contributed by atoms with Crippen molar-refractivity contribution in [3.05, 3.63) is 30.2 Å². The van der Waals surface area contributed by atoms with E-state index in [9.17, 15) is 4.79 Å². The molecule has 1 N–H and O–H groups in total. The van der Waals surface area contributed by atoms with Gasteiger partial charge in [-0.25, -0.2) is 0 Å². The molecule has 3 rings (SSSR count). The maximum absolute atomic E-state index is 12.4. The number of ether oxygens (including phenoxy) is 1. The number of nitrogens with one attached hydrogen (secondary N) is 1. The van der Waals surface area contributed by atoms with Gasteiger partial charge in [-0.05, 0) is 26.0 Å². The molecule has 2 aromatic heterocycles. The second-order valence-corrected chi connectivity index (χ2v) is 5.11. The van der Waals surface area contributed by atoms with E-state index in [2.05, 4.69) is 10.2 Å². The van der Waals surface area contributed by atoms with E-state index in [4.69, 9.17) is 9.15 Å². The average molecular weight is 275 g/mol. The lowest BCUT2D eigenvalue weighted by Gasteiger charge is -2.34. The molecule has 1 fully saturated rings. The summed E-state index contributed by atoms with van der Waals surface area (Å²) in [6, 6.07) is 5.33. The lowest BCUT2D eigenvalue weighted by molar-refractivity contribution is -0.0587. The molecular weight excluding hydrogens is 258 g/mol. The molecule has 0 spiro atoms. The van der Waals surface area contributed by atoms with Gasteiger partial charge in [0.15, 0.2) is 11.5 Å². The van der Waals surface area contributed by atoms with Crippen molar-refractivity contribution in [2.24, 2.45) is 0 Å². The number of amides is 1. The van der Waals surface area contributed by atoms with Gasteiger partial charge in [-0.1, -0.05) is 0 Å². The zero-order chi connectivity index (χ0) is 14.1. The Morgan fingerprint density at radius 2 is 2.15 bits per heavy atom. The molecule has 1 amide bonds. The van der Waals surface area contributed by atoms with Crippen LogP contribution < -0.4 is 0 Å². The largest absolute Gasteiger partial charge is 0.463 e. The second kappa shape index (κ2) is 5.13. The number of carbonyl (C=O) groups excluding carboxylic acids is 1. The van der Waals surface area contributed by atoms with Crippen LogP contribution >= 0.6 is 0 Å². The van der Waals surface area contributed by atoms with Crippen molar-refractivity contribution in [1.29, 1.82) is 0 Å². The summed E-state index contributed by atoms with van der Waals surface area (Å²) in [6.07, 6.45) is 1.68. The molecule has 3 heterocycles. The van der Waals surface area contributed by atoms with Crippen LogP contribution in [0.3, 0.4) is 0 Å². The number of carbonyl (C=O) groups is 1. The Kier molecular flexibility index (Phi) is 3.31. The first-order chi connectivity index (χ1) is 9.63. The number of hydrogen-bond donors (Lipinski definition) is 1. The van der Waals surface area contributed by atoms with Gasteiger partial charge in [0.1, 0.15) is 5.69 Å². The van der Waals surface area contributed by atoms with Crippen molar-refractivity contribution in [3.8, 4) is 11.5 Å². The van der Waals surface area contributed by atoms with Gasteiger partial charge in [-0.15, -0.1) is 0 Å². The number of H-pyrrole nitrogens is 1. The third-order valence-corrected chi connectivity index (χ3v) is 3.29. The van der Waals surface area contributed by atoms with Crippen LogP contribution in [0.5, 0.6) is 0 Å². The standard InChI is InChI=1S/C14H17N3O3/c1-9-7-17(8-10(2)20-9)14(18)12-6-11(15-16-12)13-4-3-5-19-13/h3-6,9-10H,7-8H2,1-2H3,(H,15,16)/t9-,10+. The van der Waals surface area contributed by atoms with Gasteiger partial charge in [0.2, 0.25) is 0 Å². The Morgan fingerprint density at radius 1 is 1.40 bits per heavy atom. The summed E-state index contributed by atoms with van der Waals surface area (Å²) in [4.78, 5) is 14.2. The van der Waals surface area contributed by atoms with Crippen LogP contribution in [0.1, 0.15) is 24.3 Å². The predicted octanol–water partition coefficient (Wildman–Crippen LogP) is 1.92. The van der Waals surface area contributed by atoms with Crippen molar-refractivity contribution in [3.63, 3.8) is 0 Å². The summed E-state index contributed by atoms with van der Waals surface area (Å²) >= 11 is 0. The number of rotatable bonds is 2. The van der Waals surface area contributed by atoms with Crippen LogP contribution in [0.15, 0.2) is 28.9 Å². The number of nitrogens with zero attached hydrogens (tertiary/aromatic N) is 2. The van der Waals surface area contributed by atoms with E-state index in [1.54, 1.807) is 23.3 Å². The van der Waals surface area contributed by atoms with Crippen molar-refractivity contribution < 1.29 is 13.9 Å². The molecule has 0 saturated carbocycles. The molecule has 1 saturated heterocycles. The lowest BCUT2D eigenvalue weighted by Crippen LogP contribution is -2.48. The molecular formula is C14H17N3O3. The first-order valence-corrected chi connectivity index (χ1v) is 6.67. The predicted molar refractivity (Wildman–Crippen MR) is 72.2 cm³/mol. The van der Waals surface area contributed by atoms with Gasteiger partial charge in [-0.2, -0.15) is 5.10 Å². The lowest BCUT2D eigenvalue weighted by atomic mass is 10.2. The summed E-state index contributed by atoms with van der Waals surface area (Å²) in [6.45, 7) is 5.11. The molecule has 0 aromatic carbocycles. The highest BCUT2D eigenvalue weighted by molar-refractivity contribution is 5.93. The summed E-state index contributed by atoms with van der Waals surface area (Å²) in [5, 5.41) is 6.91.